The molecule has 7 nitrogen and oxygen atoms in total. The van der Waals surface area contributed by atoms with Crippen LogP contribution in [-0.2, 0) is 4.79 Å². The number of aliphatic carboxylic acids is 1. The molecule has 3 atom stereocenters. The van der Waals surface area contributed by atoms with Gasteiger partial charge < -0.3 is 20.5 Å². The summed E-state index contributed by atoms with van der Waals surface area (Å²) in [7, 11) is 1.46. The first-order chi connectivity index (χ1) is 11.7. The number of nitrogens with one attached hydrogen (secondary N) is 2. The van der Waals surface area contributed by atoms with Gasteiger partial charge in [0, 0.05) is 12.1 Å². The van der Waals surface area contributed by atoms with Crippen LogP contribution in [0.4, 0.5) is 10.5 Å². The van der Waals surface area contributed by atoms with Crippen LogP contribution in [0.1, 0.15) is 32.8 Å². The lowest BCUT2D eigenvalue weighted by Crippen LogP contribution is -2.57. The number of anilines is 1. The summed E-state index contributed by atoms with van der Waals surface area (Å²) in [6.07, 6.45) is 0.546. The summed E-state index contributed by atoms with van der Waals surface area (Å²) in [4.78, 5) is 23.5. The molecule has 1 saturated carbocycles. The van der Waals surface area contributed by atoms with Crippen LogP contribution >= 0.6 is 0 Å². The molecule has 1 unspecified atom stereocenters. The highest BCUT2D eigenvalue weighted by atomic mass is 16.5. The van der Waals surface area contributed by atoms with Crippen molar-refractivity contribution in [2.45, 2.75) is 33.2 Å². The monoisotopic (exact) mass is 345 g/mol. The molecule has 25 heavy (non-hydrogen) atoms. The predicted molar refractivity (Wildman–Crippen MR) is 92.3 cm³/mol. The number of benzene rings is 1. The molecule has 0 radical (unpaired) electrons. The van der Waals surface area contributed by atoms with Crippen LogP contribution in [0.3, 0.4) is 0 Å². The maximum atomic E-state index is 12.3. The number of hydrogen-bond acceptors (Lipinski definition) is 4. The highest BCUT2D eigenvalue weighted by molar-refractivity contribution is 5.91. The van der Waals surface area contributed by atoms with Crippen LogP contribution < -0.4 is 15.4 Å². The molecule has 0 saturated heterocycles. The van der Waals surface area contributed by atoms with E-state index in [2.05, 4.69) is 10.6 Å². The summed E-state index contributed by atoms with van der Waals surface area (Å²) in [5.74, 6) is -0.692. The molecular weight excluding hydrogens is 322 g/mol. The van der Waals surface area contributed by atoms with Crippen LogP contribution in [0.5, 0.6) is 5.75 Å². The molecule has 2 amide bonds. The lowest BCUT2D eigenvalue weighted by Gasteiger charge is -2.52. The van der Waals surface area contributed by atoms with Gasteiger partial charge in [0.15, 0.2) is 0 Å². The first-order valence-electron chi connectivity index (χ1n) is 8.09. The average molecular weight is 345 g/mol. The fourth-order valence-electron chi connectivity index (χ4n) is 3.56. The van der Waals surface area contributed by atoms with Gasteiger partial charge in [-0.25, -0.2) is 4.79 Å². The topological polar surface area (TPSA) is 111 Å². The number of carbonyl (C=O) groups is 2. The van der Waals surface area contributed by atoms with E-state index in [-0.39, 0.29) is 23.3 Å². The molecule has 0 aromatic heterocycles. The van der Waals surface area contributed by atoms with Crippen LogP contribution in [0.2, 0.25) is 0 Å². The Labute approximate surface area is 147 Å². The number of ether oxygens (including phenoxy) is 1. The molecule has 0 bridgehead atoms. The van der Waals surface area contributed by atoms with Gasteiger partial charge in [-0.15, -0.1) is 0 Å². The lowest BCUT2D eigenvalue weighted by molar-refractivity contribution is -0.160. The summed E-state index contributed by atoms with van der Waals surface area (Å²) < 4.78 is 5.19. The molecule has 1 aromatic carbocycles. The molecule has 2 rings (SSSR count). The average Bonchev–Trinajstić information content (AvgIpc) is 2.53. The number of nitriles is 1. The smallest absolute Gasteiger partial charge is 0.319 e. The standard InChI is InChI=1S/C18H23N3O4/c1-10(12-8-13(16(22)23)18(12,2)3)20-17(24)21-14-6-5-11(9-19)7-15(14)25-4/h5-7,10,12-13H,8H2,1-4H3,(H,22,23)(H2,20,21,24)/t10?,12-,13+/m0/s1. The Morgan fingerprint density at radius 1 is 1.44 bits per heavy atom. The van der Waals surface area contributed by atoms with Crippen molar-refractivity contribution in [3.8, 4) is 11.8 Å². The van der Waals surface area contributed by atoms with Gasteiger partial charge >= 0.3 is 12.0 Å². The van der Waals surface area contributed by atoms with Crippen molar-refractivity contribution < 1.29 is 19.4 Å². The number of carbonyl (C=O) groups excluding carboxylic acids is 1. The molecule has 7 heteroatoms. The maximum absolute atomic E-state index is 12.3. The molecular formula is C18H23N3O4. The van der Waals surface area contributed by atoms with Gasteiger partial charge in [-0.1, -0.05) is 13.8 Å². The van der Waals surface area contributed by atoms with Crippen molar-refractivity contribution in [3.63, 3.8) is 0 Å². The summed E-state index contributed by atoms with van der Waals surface area (Å²) in [5, 5.41) is 23.7. The molecule has 0 aliphatic heterocycles. The maximum Gasteiger partial charge on any atom is 0.319 e. The Balaban J connectivity index is 1.99. The van der Waals surface area contributed by atoms with Crippen LogP contribution in [0.15, 0.2) is 18.2 Å². The summed E-state index contributed by atoms with van der Waals surface area (Å²) in [5.41, 5.74) is 0.527. The van der Waals surface area contributed by atoms with Crippen molar-refractivity contribution >= 4 is 17.7 Å². The number of urea groups is 1. The number of methoxy groups -OCH3 is 1. The Bertz CT molecular complexity index is 724. The number of rotatable bonds is 5. The van der Waals surface area contributed by atoms with Crippen molar-refractivity contribution in [2.24, 2.45) is 17.3 Å². The van der Waals surface area contributed by atoms with Crippen molar-refractivity contribution in [1.29, 1.82) is 5.26 Å². The molecule has 0 heterocycles. The minimum Gasteiger partial charge on any atom is -0.495 e. The Morgan fingerprint density at radius 2 is 2.12 bits per heavy atom. The van der Waals surface area contributed by atoms with E-state index >= 15 is 0 Å². The van der Waals surface area contributed by atoms with E-state index < -0.39 is 12.0 Å². The number of hydrogen-bond donors (Lipinski definition) is 3. The number of nitrogens with zero attached hydrogens (tertiary/aromatic N) is 1. The Hall–Kier alpha value is -2.75. The van der Waals surface area contributed by atoms with Gasteiger partial charge in [0.2, 0.25) is 0 Å². The second-order valence-electron chi connectivity index (χ2n) is 6.97. The van der Waals surface area contributed by atoms with Crippen LogP contribution in [-0.4, -0.2) is 30.3 Å². The molecule has 1 aliphatic rings. The van der Waals surface area contributed by atoms with Gasteiger partial charge in [-0.3, -0.25) is 4.79 Å². The summed E-state index contributed by atoms with van der Waals surface area (Å²) in [6.45, 7) is 5.71. The fraction of sp³-hybridized carbons (Fsp3) is 0.500. The fourth-order valence-corrected chi connectivity index (χ4v) is 3.56. The van der Waals surface area contributed by atoms with E-state index in [1.165, 1.54) is 7.11 Å². The van der Waals surface area contributed by atoms with Crippen molar-refractivity contribution in [2.75, 3.05) is 12.4 Å². The lowest BCUT2D eigenvalue weighted by atomic mass is 9.53. The Morgan fingerprint density at radius 3 is 2.64 bits per heavy atom. The number of carboxylic acid groups (broad SMARTS) is 1. The van der Waals surface area contributed by atoms with E-state index in [0.29, 0.717) is 23.4 Å². The quantitative estimate of drug-likeness (QED) is 0.760. The zero-order valence-electron chi connectivity index (χ0n) is 14.8. The molecule has 0 spiro atoms. The van der Waals surface area contributed by atoms with Crippen molar-refractivity contribution in [1.82, 2.24) is 5.32 Å². The van der Waals surface area contributed by atoms with Gasteiger partial charge in [0.1, 0.15) is 5.75 Å². The molecule has 3 N–H and O–H groups in total. The van der Waals surface area contributed by atoms with E-state index in [1.807, 2.05) is 26.8 Å². The highest BCUT2D eigenvalue weighted by Gasteiger charge is 2.53. The summed E-state index contributed by atoms with van der Waals surface area (Å²) in [6, 6.07) is 6.19. The van der Waals surface area contributed by atoms with Gasteiger partial charge in [-0.05, 0) is 36.8 Å². The predicted octanol–water partition coefficient (Wildman–Crippen LogP) is 2.82. The third-order valence-electron chi connectivity index (χ3n) is 5.18. The zero-order chi connectivity index (χ0) is 18.8. The minimum atomic E-state index is -0.791. The van der Waals surface area contributed by atoms with Gasteiger partial charge in [-0.2, -0.15) is 5.26 Å². The molecule has 134 valence electrons. The van der Waals surface area contributed by atoms with E-state index in [1.54, 1.807) is 18.2 Å². The molecule has 1 aromatic rings. The second kappa shape index (κ2) is 7.01. The van der Waals surface area contributed by atoms with Crippen molar-refractivity contribution in [3.05, 3.63) is 23.8 Å². The third kappa shape index (κ3) is 3.68. The second-order valence-corrected chi connectivity index (χ2v) is 6.97. The van der Waals surface area contributed by atoms with E-state index in [9.17, 15) is 14.7 Å². The first-order valence-corrected chi connectivity index (χ1v) is 8.09. The largest absolute Gasteiger partial charge is 0.495 e. The normalized spacial score (nSPS) is 22.0. The zero-order valence-corrected chi connectivity index (χ0v) is 14.8. The third-order valence-corrected chi connectivity index (χ3v) is 5.18. The molecule has 1 aliphatic carbocycles. The van der Waals surface area contributed by atoms with Gasteiger partial charge in [0.05, 0.1) is 30.3 Å². The molecule has 1 fully saturated rings. The van der Waals surface area contributed by atoms with E-state index in [4.69, 9.17) is 10.00 Å². The number of amides is 2. The minimum absolute atomic E-state index is 0.0854. The first kappa shape index (κ1) is 18.6. The Kier molecular flexibility index (Phi) is 5.21. The van der Waals surface area contributed by atoms with E-state index in [0.717, 1.165) is 0 Å². The van der Waals surface area contributed by atoms with Gasteiger partial charge in [0.25, 0.3) is 0 Å². The number of carboxylic acids is 1. The highest BCUT2D eigenvalue weighted by Crippen LogP contribution is 2.52. The summed E-state index contributed by atoms with van der Waals surface area (Å²) >= 11 is 0. The van der Waals surface area contributed by atoms with Crippen LogP contribution in [0, 0.1) is 28.6 Å². The van der Waals surface area contributed by atoms with Crippen LogP contribution in [0.25, 0.3) is 0 Å². The SMILES string of the molecule is COc1cc(C#N)ccc1NC(=O)NC(C)[C@@H]1C[C@H](C(=O)O)C1(C)C.